The van der Waals surface area contributed by atoms with Gasteiger partial charge < -0.3 is 9.96 Å². The largest absolute Gasteiger partial charge is 2.00 e. The zero-order chi connectivity index (χ0) is 31.8. The number of rotatable bonds is 10. The molecule has 0 aliphatic heterocycles. The first kappa shape index (κ1) is 39.8. The average Bonchev–Trinajstić information content (AvgIpc) is 2.85. The van der Waals surface area contributed by atoms with Crippen LogP contribution in [0.2, 0.25) is 39.3 Å². The number of hydrogen-bond acceptors (Lipinski definition) is 1. The molecular formula is C37H57CaN3Si2. The van der Waals surface area contributed by atoms with E-state index in [4.69, 9.17) is 15.0 Å². The minimum absolute atomic E-state index is 0. The molecule has 3 nitrogen and oxygen atoms in total. The topological polar surface area (TPSA) is 40.6 Å². The molecule has 0 radical (unpaired) electrons. The Morgan fingerprint density at radius 3 is 1.33 bits per heavy atom. The first-order valence-corrected chi connectivity index (χ1v) is 22.6. The van der Waals surface area contributed by atoms with Gasteiger partial charge in [-0.2, -0.15) is 0 Å². The first-order chi connectivity index (χ1) is 19.4. The summed E-state index contributed by atoms with van der Waals surface area (Å²) in [5.41, 5.74) is 9.37. The fraction of sp³-hybridized carbons (Fsp3) is 0.486. The molecule has 0 saturated heterocycles. The van der Waals surface area contributed by atoms with Gasteiger partial charge in [0.25, 0.3) is 0 Å². The molecule has 6 heteroatoms. The number of hydrogen-bond donors (Lipinski definition) is 0. The van der Waals surface area contributed by atoms with Crippen LogP contribution in [0.1, 0.15) is 107 Å². The molecule has 3 aromatic rings. The van der Waals surface area contributed by atoms with Gasteiger partial charge in [-0.15, -0.1) is 11.4 Å². The standard InChI is InChI=1S/C31H39N2.C6H18NSi2.Ca/c1-20(2)25-14-11-15-26(21(3)4)30(25)32-19-24-13-9-10-18-29(24)33-31-27(22(5)6)16-12-17-28(31)23(7)8;1-8(2,3)7-9(4,5)6;/h9-23H,1-8H3;1-6H3;/q2*-1;+2. The molecule has 0 aliphatic rings. The summed E-state index contributed by atoms with van der Waals surface area (Å²) < 4.78 is 4.82. The van der Waals surface area contributed by atoms with Crippen LogP contribution in [0.15, 0.2) is 65.7 Å². The Morgan fingerprint density at radius 1 is 0.558 bits per heavy atom. The summed E-state index contributed by atoms with van der Waals surface area (Å²) >= 11 is 0. The van der Waals surface area contributed by atoms with Crippen LogP contribution in [0.25, 0.3) is 9.96 Å². The quantitative estimate of drug-likeness (QED) is 0.156. The second-order valence-electron chi connectivity index (χ2n) is 14.6. The third-order valence-corrected chi connectivity index (χ3v) is 12.2. The minimum Gasteiger partial charge on any atom is -0.668 e. The maximum absolute atomic E-state index is 5.22. The minimum atomic E-state index is -1.11. The molecule has 0 fully saturated rings. The predicted octanol–water partition coefficient (Wildman–Crippen LogP) is 12.9. The Kier molecular flexibility index (Phi) is 16.2. The second-order valence-corrected chi connectivity index (χ2v) is 24.1. The summed E-state index contributed by atoms with van der Waals surface area (Å²) in [6, 6.07) is 21.5. The van der Waals surface area contributed by atoms with Crippen molar-refractivity contribution in [3.05, 3.63) is 98.4 Å². The number of aliphatic imine (C=N–C) groups is 1. The van der Waals surface area contributed by atoms with Gasteiger partial charge in [0, 0.05) is 6.21 Å². The van der Waals surface area contributed by atoms with E-state index in [0.717, 1.165) is 22.6 Å². The van der Waals surface area contributed by atoms with Crippen LogP contribution in [0.3, 0.4) is 0 Å². The van der Waals surface area contributed by atoms with E-state index in [0.29, 0.717) is 23.7 Å². The van der Waals surface area contributed by atoms with E-state index >= 15 is 0 Å². The van der Waals surface area contributed by atoms with Crippen LogP contribution in [-0.4, -0.2) is 60.4 Å². The molecule has 0 heterocycles. The van der Waals surface area contributed by atoms with Crippen molar-refractivity contribution in [1.29, 1.82) is 0 Å². The Labute approximate surface area is 297 Å². The van der Waals surface area contributed by atoms with E-state index in [1.807, 2.05) is 6.21 Å². The average molecular weight is 640 g/mol. The number of benzene rings is 3. The molecule has 0 spiro atoms. The van der Waals surface area contributed by atoms with Crippen molar-refractivity contribution in [1.82, 2.24) is 0 Å². The van der Waals surface area contributed by atoms with E-state index in [1.165, 1.54) is 22.3 Å². The van der Waals surface area contributed by atoms with Gasteiger partial charge in [-0.3, -0.25) is 4.99 Å². The normalized spacial score (nSPS) is 12.1. The molecule has 0 aliphatic carbocycles. The zero-order valence-corrected chi connectivity index (χ0v) is 33.9. The van der Waals surface area contributed by atoms with E-state index in [2.05, 4.69) is 155 Å². The predicted molar refractivity (Wildman–Crippen MR) is 201 cm³/mol. The summed E-state index contributed by atoms with van der Waals surface area (Å²) in [5, 5.41) is 5.22. The van der Waals surface area contributed by atoms with Gasteiger partial charge in [0.1, 0.15) is 0 Å². The summed E-state index contributed by atoms with van der Waals surface area (Å²) in [5.74, 6) is 1.66. The van der Waals surface area contributed by atoms with Crippen LogP contribution < -0.4 is 0 Å². The van der Waals surface area contributed by atoms with Crippen molar-refractivity contribution in [2.45, 2.75) is 118 Å². The van der Waals surface area contributed by atoms with Gasteiger partial charge in [0.15, 0.2) is 0 Å². The zero-order valence-electron chi connectivity index (χ0n) is 29.7. The molecule has 3 rings (SSSR count). The first-order valence-electron chi connectivity index (χ1n) is 15.8. The summed E-state index contributed by atoms with van der Waals surface area (Å²) in [6.07, 6.45) is 2.00. The molecule has 0 atom stereocenters. The molecule has 0 bridgehead atoms. The molecule has 43 heavy (non-hydrogen) atoms. The monoisotopic (exact) mass is 639 g/mol. The number of nitrogens with zero attached hydrogens (tertiary/aromatic N) is 3. The number of para-hydroxylation sites is 3. The fourth-order valence-corrected chi connectivity index (χ4v) is 13.3. The smallest absolute Gasteiger partial charge is 0.668 e. The molecule has 0 N–H and O–H groups in total. The maximum atomic E-state index is 5.22. The van der Waals surface area contributed by atoms with Gasteiger partial charge in [-0.25, -0.2) is 0 Å². The van der Waals surface area contributed by atoms with Crippen LogP contribution >= 0.6 is 0 Å². The van der Waals surface area contributed by atoms with Crippen LogP contribution in [-0.2, 0) is 0 Å². The summed E-state index contributed by atoms with van der Waals surface area (Å²) in [7, 11) is -2.21. The summed E-state index contributed by atoms with van der Waals surface area (Å²) in [4.78, 5) is 5.05. The van der Waals surface area contributed by atoms with Crippen molar-refractivity contribution in [2.24, 2.45) is 4.99 Å². The van der Waals surface area contributed by atoms with E-state index in [-0.39, 0.29) is 37.7 Å². The van der Waals surface area contributed by atoms with Crippen molar-refractivity contribution < 1.29 is 0 Å². The molecule has 0 saturated carbocycles. The second kappa shape index (κ2) is 17.5. The van der Waals surface area contributed by atoms with Gasteiger partial charge in [-0.05, 0) is 40.4 Å². The summed E-state index contributed by atoms with van der Waals surface area (Å²) in [6.45, 7) is 31.7. The van der Waals surface area contributed by atoms with Gasteiger partial charge in [0.05, 0.1) is 5.69 Å². The SMILES string of the molecule is CC(C)c1cccc(C(C)C)c1N=Cc1ccccc1[N-]c1c(C(C)C)cccc1C(C)C.C[Si](C)(C)[N-][Si](C)(C)C.[Ca+2]. The van der Waals surface area contributed by atoms with Gasteiger partial charge >= 0.3 is 37.7 Å². The third kappa shape index (κ3) is 13.0. The van der Waals surface area contributed by atoms with Crippen LogP contribution in [0.5, 0.6) is 0 Å². The molecule has 0 amide bonds. The van der Waals surface area contributed by atoms with Crippen LogP contribution in [0.4, 0.5) is 17.1 Å². The Morgan fingerprint density at radius 2 is 0.953 bits per heavy atom. The van der Waals surface area contributed by atoms with Crippen molar-refractivity contribution in [3.8, 4) is 0 Å². The third-order valence-electron chi connectivity index (χ3n) is 6.86. The Balaban J connectivity index is 0.000000803. The Bertz CT molecular complexity index is 1250. The molecule has 0 unspecified atom stereocenters. The van der Waals surface area contributed by atoms with E-state index in [9.17, 15) is 0 Å². The fourth-order valence-electron chi connectivity index (χ4n) is 5.26. The maximum Gasteiger partial charge on any atom is 2.00 e. The van der Waals surface area contributed by atoms with Gasteiger partial charge in [-0.1, -0.05) is 183 Å². The van der Waals surface area contributed by atoms with Crippen molar-refractivity contribution >= 4 is 77.5 Å². The van der Waals surface area contributed by atoms with Crippen molar-refractivity contribution in [3.63, 3.8) is 0 Å². The van der Waals surface area contributed by atoms with E-state index in [1.54, 1.807) is 0 Å². The molecule has 3 aromatic carbocycles. The molecule has 0 aromatic heterocycles. The van der Waals surface area contributed by atoms with Gasteiger partial charge in [0.2, 0.25) is 0 Å². The molecule has 230 valence electrons. The molecular weight excluding hydrogens is 583 g/mol. The Hall–Kier alpha value is -1.22. The van der Waals surface area contributed by atoms with E-state index < -0.39 is 16.5 Å². The van der Waals surface area contributed by atoms with Crippen LogP contribution in [0, 0.1) is 0 Å². The van der Waals surface area contributed by atoms with Crippen molar-refractivity contribution in [2.75, 3.05) is 0 Å².